The quantitative estimate of drug-likeness (QED) is 0.531. The zero-order valence-corrected chi connectivity index (χ0v) is 13.9. The third kappa shape index (κ3) is 3.61. The molecule has 25 heavy (non-hydrogen) atoms. The standard InChI is InChI=1S/C16H24F2N4O3/c17-16(18)4-3-9-10(16)7-21-12(9)15(25)22-11(13(19)23)6-8-2-1-5-20-14(8)24/h8-12,21H,1-7H2,(H2,19,23)(H,20,24)(H,22,25)/t8-,9-,10-,11-,12-/m0/s1. The molecule has 0 unspecified atom stereocenters. The van der Waals surface area contributed by atoms with Gasteiger partial charge >= 0.3 is 0 Å². The van der Waals surface area contributed by atoms with E-state index >= 15 is 0 Å². The van der Waals surface area contributed by atoms with Gasteiger partial charge in [0, 0.05) is 31.3 Å². The third-order valence-electron chi connectivity index (χ3n) is 5.72. The van der Waals surface area contributed by atoms with Crippen LogP contribution in [-0.2, 0) is 14.4 Å². The highest BCUT2D eigenvalue weighted by Crippen LogP contribution is 2.48. The largest absolute Gasteiger partial charge is 0.368 e. The maximum atomic E-state index is 13.8. The van der Waals surface area contributed by atoms with Crippen molar-refractivity contribution in [2.24, 2.45) is 23.5 Å². The van der Waals surface area contributed by atoms with E-state index in [1.54, 1.807) is 0 Å². The number of hydrogen-bond acceptors (Lipinski definition) is 4. The lowest BCUT2D eigenvalue weighted by Gasteiger charge is -2.26. The molecule has 3 amide bonds. The van der Waals surface area contributed by atoms with Crippen molar-refractivity contribution in [3.05, 3.63) is 0 Å². The van der Waals surface area contributed by atoms with Crippen LogP contribution in [-0.4, -0.2) is 48.8 Å². The molecule has 9 heteroatoms. The first-order chi connectivity index (χ1) is 11.8. The monoisotopic (exact) mass is 358 g/mol. The van der Waals surface area contributed by atoms with E-state index in [9.17, 15) is 23.2 Å². The van der Waals surface area contributed by atoms with Gasteiger partial charge in [-0.3, -0.25) is 14.4 Å². The third-order valence-corrected chi connectivity index (χ3v) is 5.72. The zero-order chi connectivity index (χ0) is 18.2. The molecule has 0 bridgehead atoms. The summed E-state index contributed by atoms with van der Waals surface area (Å²) in [5, 5.41) is 8.14. The van der Waals surface area contributed by atoms with Crippen LogP contribution in [0.2, 0.25) is 0 Å². The van der Waals surface area contributed by atoms with Gasteiger partial charge in [-0.1, -0.05) is 0 Å². The van der Waals surface area contributed by atoms with Crippen LogP contribution in [0.15, 0.2) is 0 Å². The van der Waals surface area contributed by atoms with E-state index in [0.29, 0.717) is 13.0 Å². The molecule has 1 aliphatic carbocycles. The van der Waals surface area contributed by atoms with Crippen molar-refractivity contribution < 1.29 is 23.2 Å². The van der Waals surface area contributed by atoms with Crippen molar-refractivity contribution in [1.29, 1.82) is 0 Å². The molecule has 2 heterocycles. The number of nitrogens with one attached hydrogen (secondary N) is 3. The van der Waals surface area contributed by atoms with Gasteiger partial charge in [0.2, 0.25) is 17.7 Å². The second-order valence-corrected chi connectivity index (χ2v) is 7.29. The van der Waals surface area contributed by atoms with Gasteiger partial charge in [0.15, 0.2) is 0 Å². The van der Waals surface area contributed by atoms with E-state index in [0.717, 1.165) is 6.42 Å². The van der Waals surface area contributed by atoms with E-state index in [1.165, 1.54) is 0 Å². The van der Waals surface area contributed by atoms with Gasteiger partial charge in [-0.15, -0.1) is 0 Å². The second kappa shape index (κ2) is 6.86. The summed E-state index contributed by atoms with van der Waals surface area (Å²) in [6, 6.07) is -1.73. The lowest BCUT2D eigenvalue weighted by molar-refractivity contribution is -0.131. The molecule has 0 radical (unpaired) electrons. The van der Waals surface area contributed by atoms with Crippen molar-refractivity contribution in [1.82, 2.24) is 16.0 Å². The minimum atomic E-state index is -2.75. The average molecular weight is 358 g/mol. The number of nitrogens with two attached hydrogens (primary N) is 1. The van der Waals surface area contributed by atoms with Crippen LogP contribution in [0.5, 0.6) is 0 Å². The molecule has 5 N–H and O–H groups in total. The summed E-state index contributed by atoms with van der Waals surface area (Å²) >= 11 is 0. The molecule has 7 nitrogen and oxygen atoms in total. The highest BCUT2D eigenvalue weighted by atomic mass is 19.3. The Kier molecular flexibility index (Phi) is 4.95. The van der Waals surface area contributed by atoms with Crippen LogP contribution in [0.25, 0.3) is 0 Å². The number of amides is 3. The number of piperidine rings is 1. The van der Waals surface area contributed by atoms with Gasteiger partial charge in [0.1, 0.15) is 6.04 Å². The van der Waals surface area contributed by atoms with Crippen molar-refractivity contribution in [2.75, 3.05) is 13.1 Å². The van der Waals surface area contributed by atoms with E-state index in [1.807, 2.05) is 0 Å². The van der Waals surface area contributed by atoms with Crippen molar-refractivity contribution >= 4 is 17.7 Å². The van der Waals surface area contributed by atoms with Crippen LogP contribution >= 0.6 is 0 Å². The van der Waals surface area contributed by atoms with Gasteiger partial charge in [-0.25, -0.2) is 8.78 Å². The Morgan fingerprint density at radius 3 is 2.80 bits per heavy atom. The van der Waals surface area contributed by atoms with Gasteiger partial charge in [0.05, 0.1) is 6.04 Å². The number of carbonyl (C=O) groups excluding carboxylic acids is 3. The lowest BCUT2D eigenvalue weighted by atomic mass is 9.90. The van der Waals surface area contributed by atoms with Crippen molar-refractivity contribution in [3.8, 4) is 0 Å². The maximum Gasteiger partial charge on any atom is 0.252 e. The molecule has 1 saturated carbocycles. The molecule has 3 rings (SSSR count). The molecular formula is C16H24F2N4O3. The molecule has 0 aromatic heterocycles. The summed E-state index contributed by atoms with van der Waals surface area (Å²) in [6.45, 7) is 0.689. The van der Waals surface area contributed by atoms with Gasteiger partial charge in [-0.05, 0) is 31.6 Å². The first-order valence-electron chi connectivity index (χ1n) is 8.78. The Labute approximate surface area is 144 Å². The fraction of sp³-hybridized carbons (Fsp3) is 0.812. The lowest BCUT2D eigenvalue weighted by Crippen LogP contribution is -2.53. The Morgan fingerprint density at radius 1 is 1.36 bits per heavy atom. The second-order valence-electron chi connectivity index (χ2n) is 7.29. The Hall–Kier alpha value is -1.77. The number of halogens is 2. The zero-order valence-electron chi connectivity index (χ0n) is 13.9. The first kappa shape index (κ1) is 18.0. The normalized spacial score (nSPS) is 34.9. The smallest absolute Gasteiger partial charge is 0.252 e. The maximum absolute atomic E-state index is 13.8. The summed E-state index contributed by atoms with van der Waals surface area (Å²) < 4.78 is 27.6. The fourth-order valence-electron chi connectivity index (χ4n) is 4.30. The van der Waals surface area contributed by atoms with Crippen molar-refractivity contribution in [3.63, 3.8) is 0 Å². The molecule has 2 saturated heterocycles. The molecule has 3 aliphatic rings. The van der Waals surface area contributed by atoms with Crippen LogP contribution < -0.4 is 21.7 Å². The van der Waals surface area contributed by atoms with Crippen molar-refractivity contribution in [2.45, 2.75) is 50.1 Å². The first-order valence-corrected chi connectivity index (χ1v) is 8.78. The summed E-state index contributed by atoms with van der Waals surface area (Å²) in [4.78, 5) is 36.1. The number of primary amides is 1. The summed E-state index contributed by atoms with van der Waals surface area (Å²) in [5.74, 6) is -5.80. The van der Waals surface area contributed by atoms with E-state index in [2.05, 4.69) is 16.0 Å². The predicted molar refractivity (Wildman–Crippen MR) is 84.4 cm³/mol. The number of carbonyl (C=O) groups is 3. The highest BCUT2D eigenvalue weighted by Gasteiger charge is 2.56. The number of hydrogen-bond donors (Lipinski definition) is 4. The SMILES string of the molecule is NC(=O)[C@H](C[C@@H]1CCCNC1=O)NC(=O)[C@H]1NC[C@H]2[C@@H]1CCC2(F)F. The molecule has 3 fully saturated rings. The molecule has 0 aromatic rings. The minimum Gasteiger partial charge on any atom is -0.368 e. The number of rotatable bonds is 5. The number of alkyl halides is 2. The van der Waals surface area contributed by atoms with Gasteiger partial charge in [0.25, 0.3) is 5.92 Å². The van der Waals surface area contributed by atoms with Gasteiger partial charge < -0.3 is 21.7 Å². The molecular weight excluding hydrogens is 334 g/mol. The molecule has 0 spiro atoms. The van der Waals surface area contributed by atoms with Gasteiger partial charge in [-0.2, -0.15) is 0 Å². The Bertz CT molecular complexity index is 572. The van der Waals surface area contributed by atoms with E-state index < -0.39 is 41.7 Å². The molecule has 0 aromatic carbocycles. The van der Waals surface area contributed by atoms with Crippen LogP contribution in [0, 0.1) is 17.8 Å². The Balaban J connectivity index is 1.61. The Morgan fingerprint density at radius 2 is 2.12 bits per heavy atom. The molecule has 2 aliphatic heterocycles. The minimum absolute atomic E-state index is 0.0853. The summed E-state index contributed by atoms with van der Waals surface area (Å²) in [6.07, 6.45) is 1.62. The van der Waals surface area contributed by atoms with E-state index in [4.69, 9.17) is 5.73 Å². The van der Waals surface area contributed by atoms with E-state index in [-0.39, 0.29) is 37.6 Å². The summed E-state index contributed by atoms with van der Waals surface area (Å²) in [7, 11) is 0. The summed E-state index contributed by atoms with van der Waals surface area (Å²) in [5.41, 5.74) is 5.37. The molecule has 5 atom stereocenters. The topological polar surface area (TPSA) is 113 Å². The fourth-order valence-corrected chi connectivity index (χ4v) is 4.30. The van der Waals surface area contributed by atoms with Crippen LogP contribution in [0.4, 0.5) is 8.78 Å². The van der Waals surface area contributed by atoms with Crippen LogP contribution in [0.1, 0.15) is 32.1 Å². The average Bonchev–Trinajstić information content (AvgIpc) is 3.10. The molecule has 140 valence electrons. The van der Waals surface area contributed by atoms with Crippen LogP contribution in [0.3, 0.4) is 0 Å². The highest BCUT2D eigenvalue weighted by molar-refractivity contribution is 5.90. The number of fused-ring (bicyclic) bond motifs is 1. The predicted octanol–water partition coefficient (Wildman–Crippen LogP) is -0.494.